The van der Waals surface area contributed by atoms with Crippen LogP contribution >= 0.6 is 11.5 Å². The van der Waals surface area contributed by atoms with Crippen molar-refractivity contribution in [3.8, 4) is 11.4 Å². The van der Waals surface area contributed by atoms with E-state index in [4.69, 9.17) is 5.73 Å². The molecule has 0 aliphatic carbocycles. The molecule has 3 heterocycles. The number of carbonyl (C=O) groups is 1. The zero-order valence-electron chi connectivity index (χ0n) is 14.2. The number of rotatable bonds is 3. The second-order valence-electron chi connectivity index (χ2n) is 6.10. The molecule has 2 aromatic heterocycles. The van der Waals surface area contributed by atoms with E-state index in [1.807, 2.05) is 41.3 Å². The van der Waals surface area contributed by atoms with Gasteiger partial charge in [-0.05, 0) is 35.8 Å². The Labute approximate surface area is 156 Å². The van der Waals surface area contributed by atoms with E-state index in [0.717, 1.165) is 24.6 Å². The van der Waals surface area contributed by atoms with Crippen LogP contribution in [0.15, 0.2) is 54.7 Å². The first-order chi connectivity index (χ1) is 12.7. The van der Waals surface area contributed by atoms with Crippen molar-refractivity contribution >= 4 is 28.8 Å². The second kappa shape index (κ2) is 7.13. The zero-order valence-corrected chi connectivity index (χ0v) is 15.0. The van der Waals surface area contributed by atoms with Crippen molar-refractivity contribution in [2.75, 3.05) is 36.8 Å². The van der Waals surface area contributed by atoms with Crippen molar-refractivity contribution < 1.29 is 4.79 Å². The van der Waals surface area contributed by atoms with E-state index < -0.39 is 0 Å². The highest BCUT2D eigenvalue weighted by molar-refractivity contribution is 7.09. The lowest BCUT2D eigenvalue weighted by molar-refractivity contribution is 0.0752. The summed E-state index contributed by atoms with van der Waals surface area (Å²) < 4.78 is 4.36. The fourth-order valence-electron chi connectivity index (χ4n) is 3.09. The van der Waals surface area contributed by atoms with Crippen molar-refractivity contribution in [2.45, 2.75) is 0 Å². The molecule has 3 aromatic rings. The number of nitrogens with two attached hydrogens (primary N) is 1. The van der Waals surface area contributed by atoms with E-state index in [1.54, 1.807) is 6.20 Å². The van der Waals surface area contributed by atoms with E-state index in [0.29, 0.717) is 35.0 Å². The number of piperazine rings is 1. The Balaban J connectivity index is 1.47. The largest absolute Gasteiger partial charge is 0.396 e. The SMILES string of the molecule is Nc1c(-c2ccccn2)nsc1C(=O)N1CCN(c2ccccc2)CC1. The summed E-state index contributed by atoms with van der Waals surface area (Å²) in [5.74, 6) is -0.0464. The number of carbonyl (C=O) groups excluding carboxylic acids is 1. The van der Waals surface area contributed by atoms with Gasteiger partial charge < -0.3 is 15.5 Å². The van der Waals surface area contributed by atoms with Gasteiger partial charge in [0, 0.05) is 38.1 Å². The number of hydrogen-bond donors (Lipinski definition) is 1. The van der Waals surface area contributed by atoms with Crippen molar-refractivity contribution in [3.05, 3.63) is 59.6 Å². The molecule has 0 unspecified atom stereocenters. The highest BCUT2D eigenvalue weighted by Gasteiger charge is 2.27. The third kappa shape index (κ3) is 3.13. The molecule has 1 aliphatic rings. The van der Waals surface area contributed by atoms with Crippen molar-refractivity contribution in [1.82, 2.24) is 14.3 Å². The molecule has 1 saturated heterocycles. The zero-order chi connectivity index (χ0) is 17.9. The Kier molecular flexibility index (Phi) is 4.53. The predicted octanol–water partition coefficient (Wildman–Crippen LogP) is 2.75. The van der Waals surface area contributed by atoms with Gasteiger partial charge in [0.05, 0.1) is 11.4 Å². The average Bonchev–Trinajstić information content (AvgIpc) is 3.10. The van der Waals surface area contributed by atoms with Gasteiger partial charge in [-0.1, -0.05) is 24.3 Å². The minimum atomic E-state index is -0.0464. The van der Waals surface area contributed by atoms with Crippen molar-refractivity contribution in [3.63, 3.8) is 0 Å². The normalized spacial score (nSPS) is 14.5. The summed E-state index contributed by atoms with van der Waals surface area (Å²) in [4.78, 5) is 21.8. The molecule has 7 heteroatoms. The van der Waals surface area contributed by atoms with Gasteiger partial charge in [0.15, 0.2) is 0 Å². The number of nitrogens with zero attached hydrogens (tertiary/aromatic N) is 4. The molecule has 1 aromatic carbocycles. The fraction of sp³-hybridized carbons (Fsp3) is 0.211. The molecule has 0 atom stereocenters. The lowest BCUT2D eigenvalue weighted by atomic mass is 10.2. The molecule has 6 nitrogen and oxygen atoms in total. The molecule has 26 heavy (non-hydrogen) atoms. The van der Waals surface area contributed by atoms with Crippen LogP contribution < -0.4 is 10.6 Å². The average molecular weight is 365 g/mol. The third-order valence-corrected chi connectivity index (χ3v) is 5.37. The standard InChI is InChI=1S/C19H19N5OS/c20-16-17(15-8-4-5-9-21-15)22-26-18(16)19(25)24-12-10-23(11-13-24)14-6-2-1-3-7-14/h1-9H,10-13,20H2. The number of benzene rings is 1. The molecule has 0 saturated carbocycles. The molecular weight excluding hydrogens is 346 g/mol. The molecular formula is C19H19N5OS. The highest BCUT2D eigenvalue weighted by Crippen LogP contribution is 2.30. The summed E-state index contributed by atoms with van der Waals surface area (Å²) in [6, 6.07) is 15.8. The molecule has 1 aliphatic heterocycles. The van der Waals surface area contributed by atoms with Crippen molar-refractivity contribution in [1.29, 1.82) is 0 Å². The van der Waals surface area contributed by atoms with Crippen LogP contribution in [0.4, 0.5) is 11.4 Å². The van der Waals surface area contributed by atoms with Crippen LogP contribution in [0.3, 0.4) is 0 Å². The molecule has 1 fully saturated rings. The van der Waals surface area contributed by atoms with E-state index in [2.05, 4.69) is 26.4 Å². The van der Waals surface area contributed by atoms with Gasteiger partial charge in [-0.3, -0.25) is 9.78 Å². The van der Waals surface area contributed by atoms with Gasteiger partial charge in [-0.2, -0.15) is 4.37 Å². The van der Waals surface area contributed by atoms with E-state index >= 15 is 0 Å². The number of nitrogen functional groups attached to an aromatic ring is 1. The Morgan fingerprint density at radius 1 is 1.00 bits per heavy atom. The summed E-state index contributed by atoms with van der Waals surface area (Å²) in [6.07, 6.45) is 1.69. The minimum Gasteiger partial charge on any atom is -0.396 e. The molecule has 132 valence electrons. The first kappa shape index (κ1) is 16.5. The summed E-state index contributed by atoms with van der Waals surface area (Å²) in [5.41, 5.74) is 9.10. The van der Waals surface area contributed by atoms with Crippen LogP contribution in [0.25, 0.3) is 11.4 Å². The maximum atomic E-state index is 12.9. The quantitative estimate of drug-likeness (QED) is 0.772. The lowest BCUT2D eigenvalue weighted by Crippen LogP contribution is -2.48. The number of pyridine rings is 1. The second-order valence-corrected chi connectivity index (χ2v) is 6.88. The Morgan fingerprint density at radius 2 is 1.73 bits per heavy atom. The van der Waals surface area contributed by atoms with Crippen LogP contribution in [-0.2, 0) is 0 Å². The Bertz CT molecular complexity index is 889. The smallest absolute Gasteiger partial charge is 0.267 e. The number of hydrogen-bond acceptors (Lipinski definition) is 6. The van der Waals surface area contributed by atoms with Gasteiger partial charge in [-0.25, -0.2) is 0 Å². The molecule has 4 rings (SSSR count). The summed E-state index contributed by atoms with van der Waals surface area (Å²) in [5, 5.41) is 0. The number of aromatic nitrogens is 2. The van der Waals surface area contributed by atoms with Crippen LogP contribution in [0.2, 0.25) is 0 Å². The third-order valence-electron chi connectivity index (χ3n) is 4.52. The first-order valence-corrected chi connectivity index (χ1v) is 9.27. The predicted molar refractivity (Wildman–Crippen MR) is 104 cm³/mol. The highest BCUT2D eigenvalue weighted by atomic mass is 32.1. The monoisotopic (exact) mass is 365 g/mol. The van der Waals surface area contributed by atoms with Gasteiger partial charge in [0.1, 0.15) is 10.6 Å². The van der Waals surface area contributed by atoms with E-state index in [1.165, 1.54) is 5.69 Å². The van der Waals surface area contributed by atoms with Gasteiger partial charge >= 0.3 is 0 Å². The molecule has 0 bridgehead atoms. The van der Waals surface area contributed by atoms with E-state index in [9.17, 15) is 4.79 Å². The fourth-order valence-corrected chi connectivity index (χ4v) is 3.87. The number of anilines is 2. The first-order valence-electron chi connectivity index (χ1n) is 8.50. The van der Waals surface area contributed by atoms with Crippen LogP contribution in [0, 0.1) is 0 Å². The molecule has 0 spiro atoms. The lowest BCUT2D eigenvalue weighted by Gasteiger charge is -2.36. The van der Waals surface area contributed by atoms with Crippen LogP contribution in [0.1, 0.15) is 9.67 Å². The summed E-state index contributed by atoms with van der Waals surface area (Å²) in [7, 11) is 0. The van der Waals surface area contributed by atoms with Gasteiger partial charge in [-0.15, -0.1) is 0 Å². The number of para-hydroxylation sites is 1. The van der Waals surface area contributed by atoms with Gasteiger partial charge in [0.25, 0.3) is 5.91 Å². The molecule has 1 amide bonds. The Morgan fingerprint density at radius 3 is 2.42 bits per heavy atom. The number of amides is 1. The Hall–Kier alpha value is -2.93. The van der Waals surface area contributed by atoms with Crippen molar-refractivity contribution in [2.24, 2.45) is 0 Å². The molecule has 2 N–H and O–H groups in total. The van der Waals surface area contributed by atoms with E-state index in [-0.39, 0.29) is 5.91 Å². The van der Waals surface area contributed by atoms with Crippen LogP contribution in [-0.4, -0.2) is 46.3 Å². The maximum Gasteiger partial charge on any atom is 0.267 e. The van der Waals surface area contributed by atoms with Gasteiger partial charge in [0.2, 0.25) is 0 Å². The summed E-state index contributed by atoms with van der Waals surface area (Å²) in [6.45, 7) is 2.96. The summed E-state index contributed by atoms with van der Waals surface area (Å²) >= 11 is 1.15. The molecule has 0 radical (unpaired) electrons. The maximum absolute atomic E-state index is 12.9. The van der Waals surface area contributed by atoms with Crippen LogP contribution in [0.5, 0.6) is 0 Å². The topological polar surface area (TPSA) is 75.3 Å². The minimum absolute atomic E-state index is 0.0464.